The van der Waals surface area contributed by atoms with Crippen molar-refractivity contribution in [3.05, 3.63) is 0 Å². The molecule has 20 heavy (non-hydrogen) atoms. The van der Waals surface area contributed by atoms with Crippen LogP contribution in [0.25, 0.3) is 0 Å². The maximum absolute atomic E-state index is 11.8. The number of carbonyl (C=O) groups excluding carboxylic acids is 2. The molecule has 7 nitrogen and oxygen atoms in total. The predicted octanol–water partition coefficient (Wildman–Crippen LogP) is -0.367. The van der Waals surface area contributed by atoms with E-state index in [2.05, 4.69) is 10.6 Å². The molecule has 0 aromatic rings. The van der Waals surface area contributed by atoms with Gasteiger partial charge in [-0.05, 0) is 26.7 Å². The first-order valence-electron chi connectivity index (χ1n) is 6.78. The second kappa shape index (κ2) is 6.69. The van der Waals surface area contributed by atoms with E-state index in [1.54, 1.807) is 0 Å². The Bertz CT molecular complexity index is 388. The SMILES string of the molecule is CC(NC(=O)C1CCCC1)C(=O)NCC(C)(O)C(=O)O. The van der Waals surface area contributed by atoms with Gasteiger partial charge >= 0.3 is 5.97 Å². The Morgan fingerprint density at radius 2 is 1.85 bits per heavy atom. The highest BCUT2D eigenvalue weighted by Crippen LogP contribution is 2.24. The van der Waals surface area contributed by atoms with Gasteiger partial charge in [-0.3, -0.25) is 9.59 Å². The third kappa shape index (κ3) is 4.48. The fraction of sp³-hybridized carbons (Fsp3) is 0.769. The van der Waals surface area contributed by atoms with E-state index in [0.717, 1.165) is 32.6 Å². The number of carbonyl (C=O) groups is 3. The fourth-order valence-corrected chi connectivity index (χ4v) is 2.07. The Labute approximate surface area is 117 Å². The Balaban J connectivity index is 2.39. The number of aliphatic carboxylic acids is 1. The first kappa shape index (κ1) is 16.4. The van der Waals surface area contributed by atoms with Gasteiger partial charge in [-0.25, -0.2) is 4.79 Å². The van der Waals surface area contributed by atoms with Crippen molar-refractivity contribution in [1.29, 1.82) is 0 Å². The van der Waals surface area contributed by atoms with Crippen LogP contribution in [0.1, 0.15) is 39.5 Å². The van der Waals surface area contributed by atoms with Crippen molar-refractivity contribution < 1.29 is 24.6 Å². The molecule has 1 saturated carbocycles. The lowest BCUT2D eigenvalue weighted by Gasteiger charge is -2.21. The summed E-state index contributed by atoms with van der Waals surface area (Å²) in [5, 5.41) is 23.1. The van der Waals surface area contributed by atoms with Gasteiger partial charge in [0.1, 0.15) is 6.04 Å². The molecule has 0 radical (unpaired) electrons. The summed E-state index contributed by atoms with van der Waals surface area (Å²) < 4.78 is 0. The van der Waals surface area contributed by atoms with Crippen LogP contribution >= 0.6 is 0 Å². The Kier molecular flexibility index (Phi) is 5.50. The highest BCUT2D eigenvalue weighted by Gasteiger charge is 2.31. The van der Waals surface area contributed by atoms with Crippen LogP contribution in [-0.4, -0.2) is 46.2 Å². The molecular formula is C13H22N2O5. The van der Waals surface area contributed by atoms with Gasteiger partial charge in [0.15, 0.2) is 5.60 Å². The molecule has 2 atom stereocenters. The zero-order chi connectivity index (χ0) is 15.3. The molecule has 0 aliphatic heterocycles. The first-order valence-corrected chi connectivity index (χ1v) is 6.78. The molecule has 0 saturated heterocycles. The summed E-state index contributed by atoms with van der Waals surface area (Å²) in [4.78, 5) is 34.3. The number of amides is 2. The molecular weight excluding hydrogens is 264 g/mol. The Hall–Kier alpha value is -1.63. The molecule has 0 heterocycles. The van der Waals surface area contributed by atoms with Gasteiger partial charge in [-0.2, -0.15) is 0 Å². The van der Waals surface area contributed by atoms with Crippen LogP contribution in [0.4, 0.5) is 0 Å². The standard InChI is InChI=1S/C13H22N2O5/c1-8(15-11(17)9-5-3-4-6-9)10(16)14-7-13(2,20)12(18)19/h8-9,20H,3-7H2,1-2H3,(H,14,16)(H,15,17)(H,18,19). The van der Waals surface area contributed by atoms with Gasteiger partial charge in [0.25, 0.3) is 0 Å². The summed E-state index contributed by atoms with van der Waals surface area (Å²) >= 11 is 0. The summed E-state index contributed by atoms with van der Waals surface area (Å²) in [6, 6.07) is -0.757. The molecule has 2 amide bonds. The monoisotopic (exact) mass is 286 g/mol. The zero-order valence-corrected chi connectivity index (χ0v) is 11.8. The molecule has 1 fully saturated rings. The fourth-order valence-electron chi connectivity index (χ4n) is 2.07. The predicted molar refractivity (Wildman–Crippen MR) is 70.8 cm³/mol. The van der Waals surface area contributed by atoms with Crippen molar-refractivity contribution in [1.82, 2.24) is 10.6 Å². The molecule has 4 N–H and O–H groups in total. The van der Waals surface area contributed by atoms with E-state index in [1.807, 2.05) is 0 Å². The topological polar surface area (TPSA) is 116 Å². The van der Waals surface area contributed by atoms with Gasteiger partial charge in [0.2, 0.25) is 11.8 Å². The lowest BCUT2D eigenvalue weighted by Crippen LogP contribution is -2.52. The number of nitrogens with one attached hydrogen (secondary N) is 2. The van der Waals surface area contributed by atoms with E-state index >= 15 is 0 Å². The molecule has 1 aliphatic carbocycles. The van der Waals surface area contributed by atoms with Crippen molar-refractivity contribution in [3.8, 4) is 0 Å². The number of hydrogen-bond acceptors (Lipinski definition) is 4. The molecule has 1 rings (SSSR count). The van der Waals surface area contributed by atoms with Gasteiger partial charge in [-0.15, -0.1) is 0 Å². The molecule has 0 spiro atoms. The minimum absolute atomic E-state index is 0.0348. The average molecular weight is 286 g/mol. The number of carboxylic acids is 1. The molecule has 2 unspecified atom stereocenters. The van der Waals surface area contributed by atoms with E-state index in [9.17, 15) is 19.5 Å². The van der Waals surface area contributed by atoms with E-state index in [-0.39, 0.29) is 11.8 Å². The highest BCUT2D eigenvalue weighted by atomic mass is 16.4. The zero-order valence-electron chi connectivity index (χ0n) is 11.8. The van der Waals surface area contributed by atoms with E-state index in [1.165, 1.54) is 6.92 Å². The summed E-state index contributed by atoms with van der Waals surface area (Å²) in [6.45, 7) is 2.21. The second-order valence-electron chi connectivity index (χ2n) is 5.51. The maximum atomic E-state index is 11.8. The van der Waals surface area contributed by atoms with Crippen molar-refractivity contribution in [2.75, 3.05) is 6.54 Å². The molecule has 0 aromatic heterocycles. The van der Waals surface area contributed by atoms with Crippen molar-refractivity contribution in [2.45, 2.75) is 51.2 Å². The van der Waals surface area contributed by atoms with E-state index in [0.29, 0.717) is 0 Å². The van der Waals surface area contributed by atoms with Crippen molar-refractivity contribution >= 4 is 17.8 Å². The summed E-state index contributed by atoms with van der Waals surface area (Å²) in [6.07, 6.45) is 3.74. The quantitative estimate of drug-likeness (QED) is 0.532. The average Bonchev–Trinajstić information content (AvgIpc) is 2.89. The van der Waals surface area contributed by atoms with Crippen LogP contribution in [-0.2, 0) is 14.4 Å². The summed E-state index contributed by atoms with van der Waals surface area (Å²) in [5.74, 6) is -2.11. The molecule has 0 bridgehead atoms. The van der Waals surface area contributed by atoms with Crippen molar-refractivity contribution in [3.63, 3.8) is 0 Å². The normalized spacial score (nSPS) is 19.9. The third-order valence-electron chi connectivity index (χ3n) is 3.55. The smallest absolute Gasteiger partial charge is 0.337 e. The summed E-state index contributed by atoms with van der Waals surface area (Å²) in [7, 11) is 0. The van der Waals surface area contributed by atoms with Crippen LogP contribution in [0.5, 0.6) is 0 Å². The molecule has 1 aliphatic rings. The lowest BCUT2D eigenvalue weighted by atomic mass is 10.1. The first-order chi connectivity index (χ1) is 9.24. The molecule has 7 heteroatoms. The number of carboxylic acid groups (broad SMARTS) is 1. The lowest BCUT2D eigenvalue weighted by molar-refractivity contribution is -0.156. The van der Waals surface area contributed by atoms with Crippen LogP contribution in [0.15, 0.2) is 0 Å². The Morgan fingerprint density at radius 3 is 2.35 bits per heavy atom. The number of aliphatic hydroxyl groups is 1. The van der Waals surface area contributed by atoms with Gasteiger partial charge in [-0.1, -0.05) is 12.8 Å². The highest BCUT2D eigenvalue weighted by molar-refractivity contribution is 5.88. The van der Waals surface area contributed by atoms with E-state index < -0.39 is 30.1 Å². The molecule has 0 aromatic carbocycles. The van der Waals surface area contributed by atoms with Gasteiger partial charge < -0.3 is 20.8 Å². The van der Waals surface area contributed by atoms with Crippen LogP contribution in [0, 0.1) is 5.92 Å². The van der Waals surface area contributed by atoms with Gasteiger partial charge in [0.05, 0.1) is 6.54 Å². The van der Waals surface area contributed by atoms with Crippen LogP contribution in [0.3, 0.4) is 0 Å². The Morgan fingerprint density at radius 1 is 1.30 bits per heavy atom. The third-order valence-corrected chi connectivity index (χ3v) is 3.55. The number of rotatable bonds is 6. The largest absolute Gasteiger partial charge is 0.479 e. The second-order valence-corrected chi connectivity index (χ2v) is 5.51. The summed E-state index contributed by atoms with van der Waals surface area (Å²) in [5.41, 5.74) is -2.02. The van der Waals surface area contributed by atoms with Crippen LogP contribution in [0.2, 0.25) is 0 Å². The van der Waals surface area contributed by atoms with E-state index in [4.69, 9.17) is 5.11 Å². The maximum Gasteiger partial charge on any atom is 0.337 e. The van der Waals surface area contributed by atoms with Gasteiger partial charge in [0, 0.05) is 5.92 Å². The molecule has 114 valence electrons. The van der Waals surface area contributed by atoms with Crippen LogP contribution < -0.4 is 10.6 Å². The number of hydrogen-bond donors (Lipinski definition) is 4. The minimum Gasteiger partial charge on any atom is -0.479 e. The van der Waals surface area contributed by atoms with Crippen molar-refractivity contribution in [2.24, 2.45) is 5.92 Å². The minimum atomic E-state index is -2.02.